The third-order valence-electron chi connectivity index (χ3n) is 3.43. The normalized spacial score (nSPS) is 13.0. The number of ether oxygens (including phenoxy) is 3. The minimum absolute atomic E-state index is 0.184. The van der Waals surface area contributed by atoms with Gasteiger partial charge in [-0.25, -0.2) is 4.79 Å². The van der Waals surface area contributed by atoms with Crippen molar-refractivity contribution in [1.29, 1.82) is 0 Å². The van der Waals surface area contributed by atoms with Gasteiger partial charge in [-0.1, -0.05) is 0 Å². The Labute approximate surface area is 126 Å². The van der Waals surface area contributed by atoms with Crippen LogP contribution in [-0.4, -0.2) is 37.9 Å². The molecule has 2 aromatic rings. The monoisotopic (exact) mass is 304 g/mol. The van der Waals surface area contributed by atoms with Crippen molar-refractivity contribution in [3.8, 4) is 11.5 Å². The first-order valence-corrected chi connectivity index (χ1v) is 6.95. The van der Waals surface area contributed by atoms with Gasteiger partial charge < -0.3 is 24.5 Å². The zero-order chi connectivity index (χ0) is 15.5. The van der Waals surface area contributed by atoms with Crippen molar-refractivity contribution in [3.05, 3.63) is 34.1 Å². The van der Waals surface area contributed by atoms with Crippen LogP contribution in [0.5, 0.6) is 11.5 Å². The van der Waals surface area contributed by atoms with Crippen LogP contribution in [-0.2, 0) is 11.2 Å². The molecule has 0 saturated heterocycles. The van der Waals surface area contributed by atoms with Crippen LogP contribution in [0, 0.1) is 0 Å². The lowest BCUT2D eigenvalue weighted by molar-refractivity contribution is 0.171. The summed E-state index contributed by atoms with van der Waals surface area (Å²) >= 11 is 0. The molecule has 3 rings (SSSR count). The van der Waals surface area contributed by atoms with Gasteiger partial charge in [0.15, 0.2) is 11.5 Å². The number of carbonyl (C=O) groups is 1. The number of carbonyl (C=O) groups excluding carboxylic acids is 1. The zero-order valence-corrected chi connectivity index (χ0v) is 12.1. The number of aromatic nitrogens is 1. The minimum atomic E-state index is -0.517. The number of rotatable bonds is 3. The van der Waals surface area contributed by atoms with E-state index >= 15 is 0 Å². The van der Waals surface area contributed by atoms with Crippen molar-refractivity contribution >= 4 is 17.0 Å². The van der Waals surface area contributed by atoms with Gasteiger partial charge >= 0.3 is 6.09 Å². The highest BCUT2D eigenvalue weighted by atomic mass is 16.6. The molecule has 0 aliphatic carbocycles. The molecular formula is C15H16N2O5. The fourth-order valence-electron chi connectivity index (χ4n) is 2.35. The smallest absolute Gasteiger partial charge is 0.406 e. The van der Waals surface area contributed by atoms with Gasteiger partial charge in [-0.15, -0.1) is 0 Å². The molecule has 22 heavy (non-hydrogen) atoms. The molecule has 0 radical (unpaired) electrons. The Morgan fingerprint density at radius 1 is 1.27 bits per heavy atom. The minimum Gasteiger partial charge on any atom is -0.486 e. The number of amides is 1. The van der Waals surface area contributed by atoms with E-state index in [1.165, 1.54) is 7.11 Å². The van der Waals surface area contributed by atoms with Gasteiger partial charge in [-0.05, 0) is 18.6 Å². The Morgan fingerprint density at radius 2 is 2.00 bits per heavy atom. The number of nitrogens with one attached hydrogen (secondary N) is 2. The molecule has 7 heteroatoms. The van der Waals surface area contributed by atoms with Gasteiger partial charge in [0.25, 0.3) is 5.56 Å². The molecule has 7 nitrogen and oxygen atoms in total. The molecule has 0 unspecified atom stereocenters. The number of hydrogen-bond acceptors (Lipinski definition) is 5. The molecule has 0 saturated carbocycles. The Hall–Kier alpha value is -2.70. The summed E-state index contributed by atoms with van der Waals surface area (Å²) < 4.78 is 15.5. The van der Waals surface area contributed by atoms with Crippen molar-refractivity contribution in [2.45, 2.75) is 6.42 Å². The number of alkyl carbamates (subject to hydrolysis) is 1. The van der Waals surface area contributed by atoms with Crippen LogP contribution in [0.2, 0.25) is 0 Å². The van der Waals surface area contributed by atoms with Crippen molar-refractivity contribution in [2.75, 3.05) is 26.9 Å². The van der Waals surface area contributed by atoms with E-state index in [1.807, 2.05) is 6.07 Å². The number of hydrogen-bond donors (Lipinski definition) is 2. The average Bonchev–Trinajstić information content (AvgIpc) is 2.53. The Kier molecular flexibility index (Phi) is 3.86. The Bertz CT molecular complexity index is 768. The molecule has 1 aromatic heterocycles. The third kappa shape index (κ3) is 2.83. The summed E-state index contributed by atoms with van der Waals surface area (Å²) in [6.07, 6.45) is -0.105. The number of H-pyrrole nitrogens is 1. The maximum atomic E-state index is 12.1. The molecule has 0 atom stereocenters. The number of fused-ring (bicyclic) bond motifs is 2. The summed E-state index contributed by atoms with van der Waals surface area (Å²) in [7, 11) is 1.30. The first-order valence-electron chi connectivity index (χ1n) is 6.95. The second-order valence-electron chi connectivity index (χ2n) is 4.88. The summed E-state index contributed by atoms with van der Waals surface area (Å²) in [5.41, 5.74) is 1.09. The lowest BCUT2D eigenvalue weighted by Gasteiger charge is -2.18. The van der Waals surface area contributed by atoms with Crippen LogP contribution in [0.4, 0.5) is 4.79 Å². The van der Waals surface area contributed by atoms with E-state index in [9.17, 15) is 9.59 Å². The summed E-state index contributed by atoms with van der Waals surface area (Å²) in [6.45, 7) is 1.34. The van der Waals surface area contributed by atoms with E-state index in [4.69, 9.17) is 9.47 Å². The van der Waals surface area contributed by atoms with E-state index in [1.54, 1.807) is 12.1 Å². The predicted molar refractivity (Wildman–Crippen MR) is 79.7 cm³/mol. The topological polar surface area (TPSA) is 89.7 Å². The predicted octanol–water partition coefficient (Wildman–Crippen LogP) is 1.20. The van der Waals surface area contributed by atoms with E-state index in [-0.39, 0.29) is 5.56 Å². The van der Waals surface area contributed by atoms with Crippen molar-refractivity contribution in [2.24, 2.45) is 0 Å². The van der Waals surface area contributed by atoms with Crippen LogP contribution >= 0.6 is 0 Å². The van der Waals surface area contributed by atoms with Crippen molar-refractivity contribution < 1.29 is 19.0 Å². The number of benzene rings is 1. The second-order valence-corrected chi connectivity index (χ2v) is 4.88. The van der Waals surface area contributed by atoms with Crippen LogP contribution in [0.1, 0.15) is 5.56 Å². The van der Waals surface area contributed by atoms with E-state index in [0.717, 1.165) is 5.39 Å². The van der Waals surface area contributed by atoms with Gasteiger partial charge in [-0.2, -0.15) is 0 Å². The molecule has 0 bridgehead atoms. The molecule has 0 fully saturated rings. The first-order chi connectivity index (χ1) is 10.7. The molecule has 116 valence electrons. The molecule has 1 aliphatic rings. The SMILES string of the molecule is COC(=O)NCCc1cc2cc3c(cc2[nH]c1=O)OCCO3. The number of pyridine rings is 1. The second kappa shape index (κ2) is 5.97. The van der Waals surface area contributed by atoms with Gasteiger partial charge in [0.05, 0.1) is 12.6 Å². The van der Waals surface area contributed by atoms with Gasteiger partial charge in [0.2, 0.25) is 0 Å². The number of methoxy groups -OCH3 is 1. The molecule has 1 amide bonds. The van der Waals surface area contributed by atoms with Crippen LogP contribution in [0.25, 0.3) is 10.9 Å². The molecule has 2 N–H and O–H groups in total. The maximum absolute atomic E-state index is 12.1. The Morgan fingerprint density at radius 3 is 2.73 bits per heavy atom. The fraction of sp³-hybridized carbons (Fsp3) is 0.333. The lowest BCUT2D eigenvalue weighted by atomic mass is 10.1. The third-order valence-corrected chi connectivity index (χ3v) is 3.43. The van der Waals surface area contributed by atoms with E-state index in [0.29, 0.717) is 48.8 Å². The standard InChI is InChI=1S/C15H16N2O5/c1-20-15(19)16-3-2-9-6-10-7-12-13(22-5-4-21-12)8-11(10)17-14(9)18/h6-8H,2-5H2,1H3,(H,16,19)(H,17,18). The van der Waals surface area contributed by atoms with Crippen LogP contribution in [0.3, 0.4) is 0 Å². The highest BCUT2D eigenvalue weighted by Crippen LogP contribution is 2.33. The quantitative estimate of drug-likeness (QED) is 0.889. The molecule has 2 heterocycles. The molecule has 1 aliphatic heterocycles. The Balaban J connectivity index is 1.87. The number of aromatic amines is 1. The molecule has 1 aromatic carbocycles. The maximum Gasteiger partial charge on any atom is 0.406 e. The van der Waals surface area contributed by atoms with Crippen LogP contribution < -0.4 is 20.3 Å². The summed E-state index contributed by atoms with van der Waals surface area (Å²) in [6, 6.07) is 5.41. The average molecular weight is 304 g/mol. The first kappa shape index (κ1) is 14.2. The van der Waals surface area contributed by atoms with Crippen molar-refractivity contribution in [3.63, 3.8) is 0 Å². The molecular weight excluding hydrogens is 288 g/mol. The van der Waals surface area contributed by atoms with Gasteiger partial charge in [0, 0.05) is 23.6 Å². The summed E-state index contributed by atoms with van der Waals surface area (Å²) in [4.78, 5) is 25.9. The van der Waals surface area contributed by atoms with Gasteiger partial charge in [0.1, 0.15) is 13.2 Å². The van der Waals surface area contributed by atoms with Gasteiger partial charge in [-0.3, -0.25) is 4.79 Å². The summed E-state index contributed by atoms with van der Waals surface area (Å²) in [5.74, 6) is 1.30. The lowest BCUT2D eigenvalue weighted by Crippen LogP contribution is -2.27. The highest BCUT2D eigenvalue weighted by Gasteiger charge is 2.14. The highest BCUT2D eigenvalue weighted by molar-refractivity contribution is 5.83. The van der Waals surface area contributed by atoms with Crippen molar-refractivity contribution in [1.82, 2.24) is 10.3 Å². The molecule has 0 spiro atoms. The van der Waals surface area contributed by atoms with E-state index < -0.39 is 6.09 Å². The largest absolute Gasteiger partial charge is 0.486 e. The zero-order valence-electron chi connectivity index (χ0n) is 12.1. The van der Waals surface area contributed by atoms with Crippen LogP contribution in [0.15, 0.2) is 23.0 Å². The fourth-order valence-corrected chi connectivity index (χ4v) is 2.35. The van der Waals surface area contributed by atoms with E-state index in [2.05, 4.69) is 15.0 Å². The summed E-state index contributed by atoms with van der Waals surface area (Å²) in [5, 5.41) is 3.41.